The van der Waals surface area contributed by atoms with Crippen molar-refractivity contribution in [3.8, 4) is 0 Å². The molecule has 1 aliphatic carbocycles. The minimum absolute atomic E-state index is 0.0614. The monoisotopic (exact) mass is 333 g/mol. The first-order valence-electron chi connectivity index (χ1n) is 8.39. The fraction of sp³-hybridized carbons (Fsp3) is 0.556. The van der Waals surface area contributed by atoms with Crippen LogP contribution in [0.5, 0.6) is 0 Å². The number of carbonyl (C=O) groups is 2. The smallest absolute Gasteiger partial charge is 0.410 e. The summed E-state index contributed by atoms with van der Waals surface area (Å²) in [5.74, 6) is -1.20. The summed E-state index contributed by atoms with van der Waals surface area (Å²) < 4.78 is 5.32. The third kappa shape index (κ3) is 3.53. The minimum Gasteiger partial charge on any atom is -0.481 e. The Morgan fingerprint density at radius 1 is 1.17 bits per heavy atom. The number of carboxylic acid groups (broad SMARTS) is 1. The molecule has 0 bridgehead atoms. The Kier molecular flexibility index (Phi) is 4.76. The molecule has 3 rings (SSSR count). The molecule has 2 N–H and O–H groups in total. The molecule has 2 aliphatic rings. The van der Waals surface area contributed by atoms with E-state index in [4.69, 9.17) is 9.84 Å². The summed E-state index contributed by atoms with van der Waals surface area (Å²) in [7, 11) is 0. The first-order valence-corrected chi connectivity index (χ1v) is 8.39. The van der Waals surface area contributed by atoms with Crippen LogP contribution in [-0.4, -0.2) is 45.9 Å². The highest BCUT2D eigenvalue weighted by molar-refractivity contribution is 5.71. The van der Waals surface area contributed by atoms with E-state index in [-0.39, 0.29) is 18.6 Å². The molecule has 1 saturated carbocycles. The number of likely N-dealkylation sites (tertiary alicyclic amines) is 1. The molecule has 0 unspecified atom stereocenters. The van der Waals surface area contributed by atoms with Gasteiger partial charge in [0, 0.05) is 13.1 Å². The summed E-state index contributed by atoms with van der Waals surface area (Å²) in [4.78, 5) is 24.7. The second kappa shape index (κ2) is 6.81. The Labute approximate surface area is 141 Å². The van der Waals surface area contributed by atoms with E-state index in [9.17, 15) is 14.7 Å². The second-order valence-electron chi connectivity index (χ2n) is 6.85. The van der Waals surface area contributed by atoms with E-state index in [0.717, 1.165) is 5.56 Å². The van der Waals surface area contributed by atoms with Crippen LogP contribution in [0.1, 0.15) is 31.2 Å². The van der Waals surface area contributed by atoms with E-state index in [0.29, 0.717) is 38.8 Å². The molecule has 24 heavy (non-hydrogen) atoms. The molecular formula is C18H23NO5. The molecule has 0 spiro atoms. The van der Waals surface area contributed by atoms with E-state index < -0.39 is 17.5 Å². The summed E-state index contributed by atoms with van der Waals surface area (Å²) in [6.45, 7) is 1.33. The predicted octanol–water partition coefficient (Wildman–Crippen LogP) is 2.26. The Bertz CT molecular complexity index is 589. The van der Waals surface area contributed by atoms with E-state index in [1.54, 1.807) is 4.90 Å². The molecular weight excluding hydrogens is 310 g/mol. The zero-order valence-electron chi connectivity index (χ0n) is 13.6. The normalized spacial score (nSPS) is 27.4. The van der Waals surface area contributed by atoms with Gasteiger partial charge in [0.15, 0.2) is 0 Å². The number of rotatable bonds is 4. The highest BCUT2D eigenvalue weighted by atomic mass is 16.6. The SMILES string of the molecule is O=C(O)C1CC(O)(C2CCN(C(=O)OCc3ccccc3)CC2)C1. The average molecular weight is 333 g/mol. The number of hydrogen-bond acceptors (Lipinski definition) is 4. The highest BCUT2D eigenvalue weighted by Gasteiger charge is 2.51. The summed E-state index contributed by atoms with van der Waals surface area (Å²) >= 11 is 0. The lowest BCUT2D eigenvalue weighted by Crippen LogP contribution is -2.55. The van der Waals surface area contributed by atoms with Crippen LogP contribution in [0.3, 0.4) is 0 Å². The average Bonchev–Trinajstić information content (AvgIpc) is 2.57. The Hall–Kier alpha value is -2.08. The first kappa shape index (κ1) is 16.8. The standard InChI is InChI=1S/C18H23NO5/c20-16(21)14-10-18(23,11-14)15-6-8-19(9-7-15)17(22)24-12-13-4-2-1-3-5-13/h1-5,14-15,23H,6-12H2,(H,20,21). The van der Waals surface area contributed by atoms with E-state index in [2.05, 4.69) is 0 Å². The number of amides is 1. The van der Waals surface area contributed by atoms with Gasteiger partial charge in [-0.2, -0.15) is 0 Å². The van der Waals surface area contributed by atoms with Gasteiger partial charge in [-0.15, -0.1) is 0 Å². The quantitative estimate of drug-likeness (QED) is 0.882. The number of carboxylic acids is 1. The third-order valence-electron chi connectivity index (χ3n) is 5.27. The summed E-state index contributed by atoms with van der Waals surface area (Å²) in [6.07, 6.45) is 1.69. The maximum atomic E-state index is 12.1. The Morgan fingerprint density at radius 3 is 2.38 bits per heavy atom. The number of hydrogen-bond donors (Lipinski definition) is 2. The molecule has 1 aromatic carbocycles. The fourth-order valence-electron chi connectivity index (χ4n) is 3.71. The van der Waals surface area contributed by atoms with E-state index in [1.807, 2.05) is 30.3 Å². The summed E-state index contributed by atoms with van der Waals surface area (Å²) in [5, 5.41) is 19.5. The van der Waals surface area contributed by atoms with Gasteiger partial charge in [-0.05, 0) is 37.2 Å². The summed E-state index contributed by atoms with van der Waals surface area (Å²) in [6, 6.07) is 9.53. The van der Waals surface area contributed by atoms with E-state index >= 15 is 0 Å². The number of ether oxygens (including phenoxy) is 1. The molecule has 1 amide bonds. The summed E-state index contributed by atoms with van der Waals surface area (Å²) in [5.41, 5.74) is 0.0764. The molecule has 1 aromatic rings. The Morgan fingerprint density at radius 2 is 1.79 bits per heavy atom. The lowest BCUT2D eigenvalue weighted by molar-refractivity contribution is -0.169. The largest absolute Gasteiger partial charge is 0.481 e. The van der Waals surface area contributed by atoms with Crippen molar-refractivity contribution >= 4 is 12.1 Å². The van der Waals surface area contributed by atoms with E-state index in [1.165, 1.54) is 0 Å². The van der Waals surface area contributed by atoms with Crippen molar-refractivity contribution in [1.29, 1.82) is 0 Å². The molecule has 1 saturated heterocycles. The van der Waals surface area contributed by atoms with Gasteiger partial charge in [-0.3, -0.25) is 4.79 Å². The molecule has 0 radical (unpaired) electrons. The van der Waals surface area contributed by atoms with Gasteiger partial charge in [0.25, 0.3) is 0 Å². The molecule has 0 atom stereocenters. The van der Waals surface area contributed by atoms with Gasteiger partial charge in [0.2, 0.25) is 0 Å². The van der Waals surface area contributed by atoms with Crippen molar-refractivity contribution in [3.63, 3.8) is 0 Å². The van der Waals surface area contributed by atoms with Crippen LogP contribution in [0.4, 0.5) is 4.79 Å². The number of nitrogens with zero attached hydrogens (tertiary/aromatic N) is 1. The highest BCUT2D eigenvalue weighted by Crippen LogP contribution is 2.46. The molecule has 6 nitrogen and oxygen atoms in total. The topological polar surface area (TPSA) is 87.1 Å². The number of aliphatic hydroxyl groups is 1. The van der Waals surface area contributed by atoms with Gasteiger partial charge in [-0.1, -0.05) is 30.3 Å². The number of aliphatic carboxylic acids is 1. The molecule has 130 valence electrons. The minimum atomic E-state index is -0.872. The van der Waals surface area contributed by atoms with Gasteiger partial charge in [-0.25, -0.2) is 4.79 Å². The lowest BCUT2D eigenvalue weighted by Gasteiger charge is -2.49. The third-order valence-corrected chi connectivity index (χ3v) is 5.27. The van der Waals surface area contributed by atoms with Gasteiger partial charge in [0.05, 0.1) is 11.5 Å². The van der Waals surface area contributed by atoms with Crippen LogP contribution in [-0.2, 0) is 16.1 Å². The zero-order chi connectivity index (χ0) is 17.2. The second-order valence-corrected chi connectivity index (χ2v) is 6.85. The van der Waals surface area contributed by atoms with Crippen molar-refractivity contribution in [3.05, 3.63) is 35.9 Å². The maximum absolute atomic E-state index is 12.1. The number of piperidine rings is 1. The number of carbonyl (C=O) groups excluding carboxylic acids is 1. The Balaban J connectivity index is 1.43. The van der Waals surface area contributed by atoms with Crippen LogP contribution in [0.25, 0.3) is 0 Å². The van der Waals surface area contributed by atoms with Crippen molar-refractivity contribution < 1.29 is 24.5 Å². The zero-order valence-corrected chi connectivity index (χ0v) is 13.6. The molecule has 1 heterocycles. The first-order chi connectivity index (χ1) is 11.5. The maximum Gasteiger partial charge on any atom is 0.410 e. The van der Waals surface area contributed by atoms with Crippen molar-refractivity contribution in [2.75, 3.05) is 13.1 Å². The van der Waals surface area contributed by atoms with Gasteiger partial charge >= 0.3 is 12.1 Å². The molecule has 1 aliphatic heterocycles. The van der Waals surface area contributed by atoms with Crippen molar-refractivity contribution in [1.82, 2.24) is 4.90 Å². The van der Waals surface area contributed by atoms with Gasteiger partial charge in [0.1, 0.15) is 6.61 Å². The molecule has 2 fully saturated rings. The van der Waals surface area contributed by atoms with Crippen LogP contribution in [0, 0.1) is 11.8 Å². The van der Waals surface area contributed by atoms with Crippen LogP contribution in [0.2, 0.25) is 0 Å². The lowest BCUT2D eigenvalue weighted by atomic mass is 9.62. The van der Waals surface area contributed by atoms with Crippen LogP contribution < -0.4 is 0 Å². The van der Waals surface area contributed by atoms with Crippen molar-refractivity contribution in [2.45, 2.75) is 37.9 Å². The van der Waals surface area contributed by atoms with Crippen LogP contribution in [0.15, 0.2) is 30.3 Å². The van der Waals surface area contributed by atoms with Crippen molar-refractivity contribution in [2.24, 2.45) is 11.8 Å². The number of benzene rings is 1. The van der Waals surface area contributed by atoms with Crippen LogP contribution >= 0.6 is 0 Å². The predicted molar refractivity (Wildman–Crippen MR) is 86.2 cm³/mol. The van der Waals surface area contributed by atoms with Gasteiger partial charge < -0.3 is 19.8 Å². The molecule has 6 heteroatoms. The molecule has 0 aromatic heterocycles. The fourth-order valence-corrected chi connectivity index (χ4v) is 3.71.